The van der Waals surface area contributed by atoms with Crippen LogP contribution in [0, 0.1) is 13.8 Å². The van der Waals surface area contributed by atoms with Gasteiger partial charge in [0, 0.05) is 24.0 Å². The van der Waals surface area contributed by atoms with Gasteiger partial charge in [0.2, 0.25) is 0 Å². The number of rotatable bonds is 10. The van der Waals surface area contributed by atoms with Crippen molar-refractivity contribution < 1.29 is 13.9 Å². The van der Waals surface area contributed by atoms with E-state index in [0.29, 0.717) is 25.3 Å². The summed E-state index contributed by atoms with van der Waals surface area (Å²) in [4.78, 5) is 12.1. The number of hydrogen-bond acceptors (Lipinski definition) is 5. The molecule has 0 saturated carbocycles. The number of ether oxygens (including phenoxy) is 2. The number of aryl methyl sites for hydroxylation is 2. The minimum absolute atomic E-state index is 0.0676. The van der Waals surface area contributed by atoms with E-state index < -0.39 is 0 Å². The van der Waals surface area contributed by atoms with Crippen LogP contribution in [0.2, 0.25) is 0 Å². The highest BCUT2D eigenvalue weighted by atomic mass is 16.5. The van der Waals surface area contributed by atoms with Crippen molar-refractivity contribution in [1.29, 1.82) is 0 Å². The molecule has 1 atom stereocenters. The van der Waals surface area contributed by atoms with Gasteiger partial charge in [-0.2, -0.15) is 0 Å². The Morgan fingerprint density at radius 1 is 0.935 bits per heavy atom. The van der Waals surface area contributed by atoms with Crippen molar-refractivity contribution in [2.24, 2.45) is 0 Å². The Morgan fingerprint density at radius 3 is 2.32 bits per heavy atom. The maximum atomic E-state index is 12.1. The summed E-state index contributed by atoms with van der Waals surface area (Å²) in [6, 6.07) is 11.8. The van der Waals surface area contributed by atoms with Crippen LogP contribution in [0.1, 0.15) is 61.9 Å². The van der Waals surface area contributed by atoms with Crippen molar-refractivity contribution in [3.05, 3.63) is 69.1 Å². The summed E-state index contributed by atoms with van der Waals surface area (Å²) in [7, 11) is 0. The maximum Gasteiger partial charge on any atom is 0.336 e. The zero-order valence-electron chi connectivity index (χ0n) is 19.2. The van der Waals surface area contributed by atoms with E-state index in [0.717, 1.165) is 46.4 Å². The molecule has 0 aliphatic heterocycles. The van der Waals surface area contributed by atoms with Crippen molar-refractivity contribution in [3.8, 4) is 11.5 Å². The lowest BCUT2D eigenvalue weighted by Crippen LogP contribution is -2.19. The van der Waals surface area contributed by atoms with Gasteiger partial charge in [0.05, 0.1) is 13.2 Å². The predicted octanol–water partition coefficient (Wildman–Crippen LogP) is 5.84. The van der Waals surface area contributed by atoms with Gasteiger partial charge in [-0.25, -0.2) is 4.79 Å². The second-order valence-corrected chi connectivity index (χ2v) is 8.03. The smallest absolute Gasteiger partial charge is 0.336 e. The third-order valence-electron chi connectivity index (χ3n) is 5.43. The molecule has 5 nitrogen and oxygen atoms in total. The van der Waals surface area contributed by atoms with Gasteiger partial charge in [-0.1, -0.05) is 19.9 Å². The first-order valence-corrected chi connectivity index (χ1v) is 11.1. The van der Waals surface area contributed by atoms with Gasteiger partial charge in [-0.3, -0.25) is 0 Å². The molecule has 0 spiro atoms. The summed E-state index contributed by atoms with van der Waals surface area (Å²) in [5, 5.41) is 4.51. The van der Waals surface area contributed by atoms with E-state index >= 15 is 0 Å². The average molecular weight is 424 g/mol. The van der Waals surface area contributed by atoms with E-state index in [1.807, 2.05) is 25.1 Å². The van der Waals surface area contributed by atoms with Crippen LogP contribution in [0.15, 0.2) is 45.6 Å². The van der Waals surface area contributed by atoms with Crippen LogP contribution in [0.4, 0.5) is 0 Å². The SMILES string of the molecule is CCCOc1ccc([C@H](C)NCc2cc(=O)oc3cc(C)c(C)cc23)cc1OCCC. The van der Waals surface area contributed by atoms with Crippen LogP contribution < -0.4 is 20.4 Å². The fourth-order valence-electron chi connectivity index (χ4n) is 3.46. The summed E-state index contributed by atoms with van der Waals surface area (Å²) < 4.78 is 17.2. The van der Waals surface area contributed by atoms with Gasteiger partial charge in [0.1, 0.15) is 5.58 Å². The largest absolute Gasteiger partial charge is 0.490 e. The zero-order chi connectivity index (χ0) is 22.4. The van der Waals surface area contributed by atoms with Gasteiger partial charge in [-0.05, 0) is 80.1 Å². The molecule has 5 heteroatoms. The molecule has 0 saturated heterocycles. The van der Waals surface area contributed by atoms with Crippen LogP contribution in [-0.4, -0.2) is 13.2 Å². The number of fused-ring (bicyclic) bond motifs is 1. The van der Waals surface area contributed by atoms with E-state index in [4.69, 9.17) is 13.9 Å². The predicted molar refractivity (Wildman–Crippen MR) is 125 cm³/mol. The topological polar surface area (TPSA) is 60.7 Å². The molecule has 1 N–H and O–H groups in total. The Kier molecular flexibility index (Phi) is 7.75. The van der Waals surface area contributed by atoms with Crippen molar-refractivity contribution in [3.63, 3.8) is 0 Å². The van der Waals surface area contributed by atoms with E-state index in [9.17, 15) is 4.79 Å². The lowest BCUT2D eigenvalue weighted by molar-refractivity contribution is 0.268. The molecule has 0 aliphatic rings. The molecular weight excluding hydrogens is 390 g/mol. The van der Waals surface area contributed by atoms with Crippen LogP contribution >= 0.6 is 0 Å². The average Bonchev–Trinajstić information content (AvgIpc) is 2.75. The monoisotopic (exact) mass is 423 g/mol. The molecule has 0 amide bonds. The highest BCUT2D eigenvalue weighted by Crippen LogP contribution is 2.31. The fourth-order valence-corrected chi connectivity index (χ4v) is 3.46. The third-order valence-corrected chi connectivity index (χ3v) is 5.43. The quantitative estimate of drug-likeness (QED) is 0.415. The Hall–Kier alpha value is -2.79. The van der Waals surface area contributed by atoms with Crippen molar-refractivity contribution in [1.82, 2.24) is 5.32 Å². The van der Waals surface area contributed by atoms with E-state index in [-0.39, 0.29) is 11.7 Å². The summed E-state index contributed by atoms with van der Waals surface area (Å²) in [6.45, 7) is 12.2. The Balaban J connectivity index is 1.81. The van der Waals surface area contributed by atoms with Gasteiger partial charge >= 0.3 is 5.63 Å². The normalized spacial score (nSPS) is 12.2. The summed E-state index contributed by atoms with van der Waals surface area (Å²) >= 11 is 0. The summed E-state index contributed by atoms with van der Waals surface area (Å²) in [5.74, 6) is 1.56. The molecule has 0 unspecified atom stereocenters. The zero-order valence-corrected chi connectivity index (χ0v) is 19.2. The maximum absolute atomic E-state index is 12.1. The molecule has 3 aromatic rings. The number of hydrogen-bond donors (Lipinski definition) is 1. The lowest BCUT2D eigenvalue weighted by atomic mass is 10.0. The minimum Gasteiger partial charge on any atom is -0.490 e. The first-order valence-electron chi connectivity index (χ1n) is 11.1. The number of benzene rings is 2. The lowest BCUT2D eigenvalue weighted by Gasteiger charge is -2.18. The molecular formula is C26H33NO4. The Morgan fingerprint density at radius 2 is 1.61 bits per heavy atom. The molecule has 0 radical (unpaired) electrons. The van der Waals surface area contributed by atoms with Gasteiger partial charge in [-0.15, -0.1) is 0 Å². The minimum atomic E-state index is -0.326. The van der Waals surface area contributed by atoms with Gasteiger partial charge < -0.3 is 19.2 Å². The molecule has 2 aromatic carbocycles. The first-order chi connectivity index (χ1) is 14.9. The second kappa shape index (κ2) is 10.5. The van der Waals surface area contributed by atoms with E-state index in [2.05, 4.69) is 45.1 Å². The third kappa shape index (κ3) is 5.67. The molecule has 166 valence electrons. The Labute approximate surface area is 184 Å². The van der Waals surface area contributed by atoms with Gasteiger partial charge in [0.25, 0.3) is 0 Å². The van der Waals surface area contributed by atoms with Crippen molar-refractivity contribution in [2.75, 3.05) is 13.2 Å². The molecule has 0 fully saturated rings. The van der Waals surface area contributed by atoms with Gasteiger partial charge in [0.15, 0.2) is 11.5 Å². The molecule has 0 bridgehead atoms. The van der Waals surface area contributed by atoms with E-state index in [1.165, 1.54) is 5.56 Å². The van der Waals surface area contributed by atoms with Crippen LogP contribution in [0.3, 0.4) is 0 Å². The first kappa shape index (κ1) is 22.9. The fraction of sp³-hybridized carbons (Fsp3) is 0.423. The Bertz CT molecular complexity index is 1090. The summed E-state index contributed by atoms with van der Waals surface area (Å²) in [6.07, 6.45) is 1.89. The van der Waals surface area contributed by atoms with Crippen molar-refractivity contribution in [2.45, 2.75) is 60.0 Å². The van der Waals surface area contributed by atoms with Crippen LogP contribution in [0.25, 0.3) is 11.0 Å². The van der Waals surface area contributed by atoms with Crippen LogP contribution in [-0.2, 0) is 6.54 Å². The summed E-state index contributed by atoms with van der Waals surface area (Å²) in [5.41, 5.74) is 4.64. The second-order valence-electron chi connectivity index (χ2n) is 8.03. The molecule has 31 heavy (non-hydrogen) atoms. The van der Waals surface area contributed by atoms with Crippen LogP contribution in [0.5, 0.6) is 11.5 Å². The highest BCUT2D eigenvalue weighted by molar-refractivity contribution is 5.81. The van der Waals surface area contributed by atoms with Crippen molar-refractivity contribution >= 4 is 11.0 Å². The number of nitrogens with one attached hydrogen (secondary N) is 1. The molecule has 1 aromatic heterocycles. The molecule has 0 aliphatic carbocycles. The van der Waals surface area contributed by atoms with E-state index in [1.54, 1.807) is 6.07 Å². The highest BCUT2D eigenvalue weighted by Gasteiger charge is 2.13. The molecule has 1 heterocycles. The standard InChI is InChI=1S/C26H33NO4/c1-6-10-29-23-9-8-20(14-25(23)30-11-7-2)19(5)27-16-21-15-26(28)31-24-13-18(4)17(3)12-22(21)24/h8-9,12-15,19,27H,6-7,10-11,16H2,1-5H3/t19-/m0/s1. The molecule has 3 rings (SSSR count).